The van der Waals surface area contributed by atoms with Crippen molar-refractivity contribution in [1.29, 1.82) is 0 Å². The van der Waals surface area contributed by atoms with Crippen LogP contribution in [0.5, 0.6) is 0 Å². The second-order valence-electron chi connectivity index (χ2n) is 3.58. The van der Waals surface area contributed by atoms with E-state index in [1.165, 1.54) is 5.56 Å². The first-order valence-electron chi connectivity index (χ1n) is 4.92. The molecule has 1 aromatic carbocycles. The summed E-state index contributed by atoms with van der Waals surface area (Å²) in [6, 6.07) is 7.74. The zero-order valence-corrected chi connectivity index (χ0v) is 9.11. The summed E-state index contributed by atoms with van der Waals surface area (Å²) in [6.07, 6.45) is 0. The molecule has 0 radical (unpaired) electrons. The van der Waals surface area contributed by atoms with Gasteiger partial charge in [-0.15, -0.1) is 0 Å². The van der Waals surface area contributed by atoms with Crippen LogP contribution < -0.4 is 10.9 Å². The Kier molecular flexibility index (Phi) is 2.68. The van der Waals surface area contributed by atoms with Gasteiger partial charge in [-0.2, -0.15) is 10.2 Å². The van der Waals surface area contributed by atoms with E-state index in [0.717, 1.165) is 5.69 Å². The lowest BCUT2D eigenvalue weighted by atomic mass is 10.2. The molecule has 1 aliphatic rings. The van der Waals surface area contributed by atoms with Crippen LogP contribution in [0.2, 0.25) is 0 Å². The summed E-state index contributed by atoms with van der Waals surface area (Å²) >= 11 is 0. The van der Waals surface area contributed by atoms with E-state index < -0.39 is 0 Å². The third kappa shape index (κ3) is 2.08. The molecular formula is C11H12N4O. The molecule has 82 valence electrons. The molecule has 0 aliphatic carbocycles. The van der Waals surface area contributed by atoms with Crippen molar-refractivity contribution in [3.8, 4) is 0 Å². The van der Waals surface area contributed by atoms with Crippen molar-refractivity contribution in [2.24, 2.45) is 10.2 Å². The number of aryl methyl sites for hydroxylation is 1. The Hall–Kier alpha value is -2.17. The van der Waals surface area contributed by atoms with Crippen LogP contribution in [0.3, 0.4) is 0 Å². The molecule has 5 nitrogen and oxygen atoms in total. The van der Waals surface area contributed by atoms with Gasteiger partial charge in [-0.3, -0.25) is 10.2 Å². The van der Waals surface area contributed by atoms with Crippen molar-refractivity contribution in [2.75, 3.05) is 5.43 Å². The van der Waals surface area contributed by atoms with Crippen LogP contribution in [0.25, 0.3) is 0 Å². The molecule has 1 heterocycles. The van der Waals surface area contributed by atoms with Crippen LogP contribution in [-0.2, 0) is 4.79 Å². The van der Waals surface area contributed by atoms with Crippen LogP contribution in [0, 0.1) is 6.92 Å². The number of carbonyl (C=O) groups excluding carboxylic acids is 1. The Morgan fingerprint density at radius 3 is 2.50 bits per heavy atom. The topological polar surface area (TPSA) is 65.8 Å². The maximum Gasteiger partial charge on any atom is 0.293 e. The minimum Gasteiger partial charge on any atom is -0.278 e. The maximum absolute atomic E-state index is 11.3. The fourth-order valence-electron chi connectivity index (χ4n) is 1.29. The van der Waals surface area contributed by atoms with Crippen molar-refractivity contribution in [1.82, 2.24) is 5.43 Å². The highest BCUT2D eigenvalue weighted by molar-refractivity contribution is 6.68. The quantitative estimate of drug-likeness (QED) is 0.731. The van der Waals surface area contributed by atoms with E-state index in [-0.39, 0.29) is 5.91 Å². The smallest absolute Gasteiger partial charge is 0.278 e. The monoisotopic (exact) mass is 216 g/mol. The fraction of sp³-hybridized carbons (Fsp3) is 0.182. The summed E-state index contributed by atoms with van der Waals surface area (Å²) in [7, 11) is 0. The highest BCUT2D eigenvalue weighted by Gasteiger charge is 2.20. The van der Waals surface area contributed by atoms with Gasteiger partial charge in [0.1, 0.15) is 0 Å². The molecule has 0 aromatic heterocycles. The van der Waals surface area contributed by atoms with E-state index in [4.69, 9.17) is 0 Å². The molecule has 0 spiro atoms. The first-order valence-corrected chi connectivity index (χ1v) is 4.92. The summed E-state index contributed by atoms with van der Waals surface area (Å²) in [6.45, 7) is 3.74. The number of amides is 1. The minimum absolute atomic E-state index is 0.280. The van der Waals surface area contributed by atoms with Crippen LogP contribution in [0.15, 0.2) is 34.5 Å². The molecule has 0 unspecified atom stereocenters. The molecule has 0 saturated heterocycles. The van der Waals surface area contributed by atoms with Crippen molar-refractivity contribution in [3.63, 3.8) is 0 Å². The third-order valence-electron chi connectivity index (χ3n) is 2.23. The number of nitrogens with zero attached hydrogens (tertiary/aromatic N) is 2. The van der Waals surface area contributed by atoms with E-state index in [1.54, 1.807) is 6.92 Å². The molecule has 2 rings (SSSR count). The normalized spacial score (nSPS) is 17.2. The number of hydrazone groups is 2. The molecule has 1 amide bonds. The van der Waals surface area contributed by atoms with E-state index in [0.29, 0.717) is 11.4 Å². The molecule has 0 saturated carbocycles. The van der Waals surface area contributed by atoms with Gasteiger partial charge in [0.05, 0.1) is 11.4 Å². The Labute approximate surface area is 93.2 Å². The number of hydrogen-bond donors (Lipinski definition) is 2. The average Bonchev–Trinajstić information content (AvgIpc) is 2.59. The van der Waals surface area contributed by atoms with Gasteiger partial charge in [-0.05, 0) is 26.0 Å². The van der Waals surface area contributed by atoms with Crippen LogP contribution in [-0.4, -0.2) is 17.3 Å². The van der Waals surface area contributed by atoms with E-state index in [2.05, 4.69) is 21.1 Å². The fourth-order valence-corrected chi connectivity index (χ4v) is 1.29. The number of benzene rings is 1. The summed E-state index contributed by atoms with van der Waals surface area (Å²) in [5.74, 6) is -0.280. The largest absolute Gasteiger partial charge is 0.293 e. The Bertz CT molecular complexity index is 473. The number of nitrogens with one attached hydrogen (secondary N) is 2. The van der Waals surface area contributed by atoms with Crippen molar-refractivity contribution >= 4 is 23.0 Å². The molecule has 5 heteroatoms. The van der Waals surface area contributed by atoms with Crippen molar-refractivity contribution in [3.05, 3.63) is 29.8 Å². The summed E-state index contributed by atoms with van der Waals surface area (Å²) in [4.78, 5) is 11.3. The van der Waals surface area contributed by atoms with Crippen LogP contribution >= 0.6 is 0 Å². The predicted molar refractivity (Wildman–Crippen MR) is 63.5 cm³/mol. The number of rotatable bonds is 2. The summed E-state index contributed by atoms with van der Waals surface area (Å²) < 4.78 is 0. The number of hydrogen-bond acceptors (Lipinski definition) is 4. The molecule has 0 bridgehead atoms. The van der Waals surface area contributed by atoms with Gasteiger partial charge in [0.15, 0.2) is 5.71 Å². The lowest BCUT2D eigenvalue weighted by Gasteiger charge is -2.01. The van der Waals surface area contributed by atoms with Gasteiger partial charge in [0.25, 0.3) is 5.91 Å². The van der Waals surface area contributed by atoms with Crippen molar-refractivity contribution in [2.45, 2.75) is 13.8 Å². The van der Waals surface area contributed by atoms with E-state index in [9.17, 15) is 4.79 Å². The Balaban J connectivity index is 2.12. The van der Waals surface area contributed by atoms with Gasteiger partial charge in [0, 0.05) is 0 Å². The number of anilines is 1. The van der Waals surface area contributed by atoms with Gasteiger partial charge in [-0.25, -0.2) is 5.43 Å². The molecular weight excluding hydrogens is 204 g/mol. The average molecular weight is 216 g/mol. The third-order valence-corrected chi connectivity index (χ3v) is 2.23. The molecule has 0 atom stereocenters. The molecule has 16 heavy (non-hydrogen) atoms. The lowest BCUT2D eigenvalue weighted by molar-refractivity contribution is -0.114. The zero-order chi connectivity index (χ0) is 11.5. The summed E-state index contributed by atoms with van der Waals surface area (Å²) in [5, 5.41) is 7.78. The predicted octanol–water partition coefficient (Wildman–Crippen LogP) is 1.27. The molecule has 0 fully saturated rings. The van der Waals surface area contributed by atoms with Crippen LogP contribution in [0.4, 0.5) is 5.69 Å². The highest BCUT2D eigenvalue weighted by atomic mass is 16.2. The van der Waals surface area contributed by atoms with Gasteiger partial charge >= 0.3 is 0 Å². The number of carbonyl (C=O) groups is 1. The second-order valence-corrected chi connectivity index (χ2v) is 3.58. The molecule has 2 N–H and O–H groups in total. The first-order chi connectivity index (χ1) is 7.66. The molecule has 1 aliphatic heterocycles. The standard InChI is InChI=1S/C11H12N4O/c1-7-3-5-9(6-4-7)13-14-10-8(2)12-15-11(10)16/h3-6,13H,1-2H3,(H,14,15,16). The van der Waals surface area contributed by atoms with Gasteiger partial charge in [0.2, 0.25) is 0 Å². The minimum atomic E-state index is -0.280. The zero-order valence-electron chi connectivity index (χ0n) is 9.11. The Morgan fingerprint density at radius 2 is 1.94 bits per heavy atom. The van der Waals surface area contributed by atoms with Gasteiger partial charge in [-0.1, -0.05) is 17.7 Å². The van der Waals surface area contributed by atoms with Gasteiger partial charge < -0.3 is 0 Å². The Morgan fingerprint density at radius 1 is 1.25 bits per heavy atom. The van der Waals surface area contributed by atoms with E-state index >= 15 is 0 Å². The lowest BCUT2D eigenvalue weighted by Crippen LogP contribution is -2.23. The highest BCUT2D eigenvalue weighted by Crippen LogP contribution is 2.08. The summed E-state index contributed by atoms with van der Waals surface area (Å²) in [5.41, 5.74) is 8.09. The maximum atomic E-state index is 11.3. The second kappa shape index (κ2) is 4.14. The molecule has 1 aromatic rings. The SMILES string of the molecule is CC1=NNC(=O)/C1=N/Nc1ccc(C)cc1. The van der Waals surface area contributed by atoms with Crippen LogP contribution in [0.1, 0.15) is 12.5 Å². The van der Waals surface area contributed by atoms with E-state index in [1.807, 2.05) is 31.2 Å². The first kappa shape index (κ1) is 10.4. The van der Waals surface area contributed by atoms with Crippen molar-refractivity contribution < 1.29 is 4.79 Å².